The average molecular weight is 437 g/mol. The van der Waals surface area contributed by atoms with Gasteiger partial charge in [0, 0.05) is 24.8 Å². The van der Waals surface area contributed by atoms with Gasteiger partial charge in [0.1, 0.15) is 11.9 Å². The lowest BCUT2D eigenvalue weighted by Crippen LogP contribution is -2.54. The third-order valence-corrected chi connectivity index (χ3v) is 5.63. The molecule has 0 aliphatic carbocycles. The number of anilines is 1. The molecular weight excluding hydrogens is 414 g/mol. The van der Waals surface area contributed by atoms with Crippen LogP contribution in [0.1, 0.15) is 21.5 Å². The number of benzene rings is 2. The lowest BCUT2D eigenvalue weighted by Gasteiger charge is -2.41. The third-order valence-electron chi connectivity index (χ3n) is 5.63. The van der Waals surface area contributed by atoms with Crippen molar-refractivity contribution in [2.45, 2.75) is 6.10 Å². The molecule has 5 rings (SSSR count). The molecule has 1 aliphatic heterocycles. The van der Waals surface area contributed by atoms with Crippen LogP contribution in [0.2, 0.25) is 0 Å². The molecule has 0 saturated carbocycles. The number of rotatable bonds is 7. The van der Waals surface area contributed by atoms with Gasteiger partial charge in [-0.15, -0.1) is 0 Å². The second-order valence-corrected chi connectivity index (χ2v) is 7.90. The van der Waals surface area contributed by atoms with Crippen LogP contribution in [-0.4, -0.2) is 39.8 Å². The number of hydrogen-bond acceptors (Lipinski definition) is 4. The van der Waals surface area contributed by atoms with Crippen molar-refractivity contribution >= 4 is 23.8 Å². The van der Waals surface area contributed by atoms with Crippen molar-refractivity contribution in [2.75, 3.05) is 18.0 Å². The fourth-order valence-electron chi connectivity index (χ4n) is 3.94. The summed E-state index contributed by atoms with van der Waals surface area (Å²) in [6.45, 7) is 1.39. The Balaban J connectivity index is 1.24. The molecule has 0 spiro atoms. The molecule has 1 saturated heterocycles. The molecule has 164 valence electrons. The zero-order valence-electron chi connectivity index (χ0n) is 17.9. The second-order valence-electron chi connectivity index (χ2n) is 7.90. The number of pyridine rings is 1. The van der Waals surface area contributed by atoms with Gasteiger partial charge in [0.15, 0.2) is 0 Å². The molecule has 0 atom stereocenters. The first kappa shape index (κ1) is 20.6. The van der Waals surface area contributed by atoms with E-state index in [1.165, 1.54) is 0 Å². The van der Waals surface area contributed by atoms with Crippen LogP contribution in [0, 0.1) is 0 Å². The highest BCUT2D eigenvalue weighted by atomic mass is 16.5. The van der Waals surface area contributed by atoms with E-state index >= 15 is 0 Å². The molecular formula is C27H23N3O3. The van der Waals surface area contributed by atoms with E-state index in [1.807, 2.05) is 89.9 Å². The minimum Gasteiger partial charge on any atom is -0.487 e. The van der Waals surface area contributed by atoms with Crippen LogP contribution in [-0.2, 0) is 0 Å². The van der Waals surface area contributed by atoms with Crippen molar-refractivity contribution < 1.29 is 14.6 Å². The molecule has 1 N–H and O–H groups in total. The van der Waals surface area contributed by atoms with E-state index in [0.717, 1.165) is 22.6 Å². The van der Waals surface area contributed by atoms with Gasteiger partial charge >= 0.3 is 5.97 Å². The predicted octanol–water partition coefficient (Wildman–Crippen LogP) is 5.01. The Morgan fingerprint density at radius 2 is 1.70 bits per heavy atom. The van der Waals surface area contributed by atoms with Crippen LogP contribution >= 0.6 is 0 Å². The third kappa shape index (κ3) is 4.50. The smallest absolute Gasteiger partial charge is 0.337 e. The summed E-state index contributed by atoms with van der Waals surface area (Å²) in [4.78, 5) is 18.1. The number of aromatic carboxylic acids is 1. The Labute approximate surface area is 192 Å². The lowest BCUT2D eigenvalue weighted by atomic mass is 10.1. The highest BCUT2D eigenvalue weighted by Crippen LogP contribution is 2.32. The fraction of sp³-hybridized carbons (Fsp3) is 0.111. The van der Waals surface area contributed by atoms with Crippen molar-refractivity contribution in [2.24, 2.45) is 0 Å². The summed E-state index contributed by atoms with van der Waals surface area (Å²) >= 11 is 0. The minimum atomic E-state index is -0.938. The molecule has 1 aliphatic rings. The van der Waals surface area contributed by atoms with Crippen molar-refractivity contribution in [1.29, 1.82) is 0 Å². The molecule has 0 unspecified atom stereocenters. The maximum Gasteiger partial charge on any atom is 0.337 e. The maximum atomic E-state index is 11.8. The number of aromatic nitrogens is 2. The van der Waals surface area contributed by atoms with Gasteiger partial charge in [-0.3, -0.25) is 4.98 Å². The zero-order chi connectivity index (χ0) is 22.6. The summed E-state index contributed by atoms with van der Waals surface area (Å²) in [7, 11) is 0. The fourth-order valence-corrected chi connectivity index (χ4v) is 3.94. The molecule has 2 aromatic carbocycles. The van der Waals surface area contributed by atoms with Crippen LogP contribution in [0.25, 0.3) is 17.8 Å². The predicted molar refractivity (Wildman–Crippen MR) is 129 cm³/mol. The molecule has 2 aromatic heterocycles. The van der Waals surface area contributed by atoms with E-state index in [2.05, 4.69) is 9.88 Å². The summed E-state index contributed by atoms with van der Waals surface area (Å²) in [6, 6.07) is 21.1. The van der Waals surface area contributed by atoms with Gasteiger partial charge < -0.3 is 19.3 Å². The van der Waals surface area contributed by atoms with Crippen molar-refractivity contribution in [3.63, 3.8) is 0 Å². The number of carbonyl (C=O) groups is 1. The van der Waals surface area contributed by atoms with Gasteiger partial charge in [0.05, 0.1) is 30.0 Å². The van der Waals surface area contributed by atoms with Gasteiger partial charge in [-0.25, -0.2) is 4.79 Å². The molecule has 0 amide bonds. The van der Waals surface area contributed by atoms with E-state index in [1.54, 1.807) is 18.3 Å². The summed E-state index contributed by atoms with van der Waals surface area (Å²) < 4.78 is 7.98. The van der Waals surface area contributed by atoms with Gasteiger partial charge in [0.2, 0.25) is 0 Å². The number of nitrogens with zero attached hydrogens (tertiary/aromatic N) is 3. The number of ether oxygens (including phenoxy) is 1. The number of para-hydroxylation sites is 1. The van der Waals surface area contributed by atoms with Crippen LogP contribution < -0.4 is 9.64 Å². The van der Waals surface area contributed by atoms with E-state index < -0.39 is 5.97 Å². The Kier molecular flexibility index (Phi) is 5.64. The second kappa shape index (κ2) is 9.04. The van der Waals surface area contributed by atoms with Crippen molar-refractivity contribution in [3.8, 4) is 11.4 Å². The van der Waals surface area contributed by atoms with Gasteiger partial charge in [-0.2, -0.15) is 0 Å². The van der Waals surface area contributed by atoms with Crippen LogP contribution in [0.3, 0.4) is 0 Å². The minimum absolute atomic E-state index is 0.0489. The summed E-state index contributed by atoms with van der Waals surface area (Å²) in [5.74, 6) is -0.116. The lowest BCUT2D eigenvalue weighted by molar-refractivity contribution is 0.0697. The first-order chi connectivity index (χ1) is 16.2. The molecule has 0 bridgehead atoms. The Hall–Kier alpha value is -4.32. The first-order valence-corrected chi connectivity index (χ1v) is 10.8. The van der Waals surface area contributed by atoms with Crippen molar-refractivity contribution in [3.05, 3.63) is 108 Å². The molecule has 3 heterocycles. The zero-order valence-corrected chi connectivity index (χ0v) is 17.9. The molecule has 6 heteroatoms. The molecule has 33 heavy (non-hydrogen) atoms. The SMILES string of the molecule is O=C(O)c1cccc(N2CC(Oc3ccc(/C=C/c4cccnc4)cc3)C2)c1-n1cccc1. The summed E-state index contributed by atoms with van der Waals surface area (Å²) in [5.41, 5.74) is 3.99. The molecule has 4 aromatic rings. The Morgan fingerprint density at radius 3 is 2.39 bits per heavy atom. The van der Waals surface area contributed by atoms with Crippen LogP contribution in [0.4, 0.5) is 5.69 Å². The maximum absolute atomic E-state index is 11.8. The van der Waals surface area contributed by atoms with Gasteiger partial charge in [-0.05, 0) is 53.6 Å². The number of carboxylic acid groups (broad SMARTS) is 1. The normalized spacial score (nSPS) is 13.8. The molecule has 0 radical (unpaired) electrons. The van der Waals surface area contributed by atoms with E-state index in [4.69, 9.17) is 4.74 Å². The van der Waals surface area contributed by atoms with Crippen LogP contribution in [0.5, 0.6) is 5.75 Å². The van der Waals surface area contributed by atoms with Gasteiger partial charge in [-0.1, -0.05) is 36.4 Å². The average Bonchev–Trinajstić information content (AvgIpc) is 3.35. The van der Waals surface area contributed by atoms with Gasteiger partial charge in [0.25, 0.3) is 0 Å². The van der Waals surface area contributed by atoms with Crippen molar-refractivity contribution in [1.82, 2.24) is 9.55 Å². The highest BCUT2D eigenvalue weighted by Gasteiger charge is 2.31. The Morgan fingerprint density at radius 1 is 0.939 bits per heavy atom. The van der Waals surface area contributed by atoms with E-state index in [9.17, 15) is 9.90 Å². The van der Waals surface area contributed by atoms with E-state index in [0.29, 0.717) is 18.8 Å². The quantitative estimate of drug-likeness (QED) is 0.440. The first-order valence-electron chi connectivity index (χ1n) is 10.8. The monoisotopic (exact) mass is 437 g/mol. The highest BCUT2D eigenvalue weighted by molar-refractivity contribution is 5.95. The molecule has 6 nitrogen and oxygen atoms in total. The standard InChI is InChI=1S/C27H23N3O3/c31-27(32)24-6-3-7-25(26(24)29-15-1-2-16-29)30-18-23(19-30)33-22-12-10-20(11-13-22)8-9-21-5-4-14-28-17-21/h1-17,23H,18-19H2,(H,31,32)/b9-8+. The summed E-state index contributed by atoms with van der Waals surface area (Å²) in [5, 5.41) is 9.67. The number of hydrogen-bond donors (Lipinski definition) is 1. The number of carboxylic acids is 1. The van der Waals surface area contributed by atoms with Crippen LogP contribution in [0.15, 0.2) is 91.5 Å². The molecule has 1 fully saturated rings. The summed E-state index contributed by atoms with van der Waals surface area (Å²) in [6.07, 6.45) is 11.4. The largest absolute Gasteiger partial charge is 0.487 e. The topological polar surface area (TPSA) is 67.6 Å². The Bertz CT molecular complexity index is 1260. The van der Waals surface area contributed by atoms with E-state index in [-0.39, 0.29) is 11.7 Å².